The van der Waals surface area contributed by atoms with Gasteiger partial charge in [-0.1, -0.05) is 18.6 Å². The minimum absolute atomic E-state index is 0.188. The molecule has 4 heteroatoms. The molecule has 0 spiro atoms. The number of carbonyl (C=O) groups is 1. The molecule has 0 N–H and O–H groups in total. The van der Waals surface area contributed by atoms with Gasteiger partial charge >= 0.3 is 0 Å². The molecule has 116 valence electrons. The van der Waals surface area contributed by atoms with Gasteiger partial charge in [-0.25, -0.2) is 0 Å². The van der Waals surface area contributed by atoms with Crippen molar-refractivity contribution < 1.29 is 4.79 Å². The smallest absolute Gasteiger partial charge is 0.166 e. The monoisotopic (exact) mass is 297 g/mol. The Kier molecular flexibility index (Phi) is 3.30. The second kappa shape index (κ2) is 5.20. The normalized spacial score (nSPS) is 28.9. The Morgan fingerprint density at radius 2 is 1.91 bits per heavy atom. The van der Waals surface area contributed by atoms with Crippen molar-refractivity contribution in [3.63, 3.8) is 0 Å². The third-order valence-corrected chi connectivity index (χ3v) is 5.62. The minimum atomic E-state index is 0.188. The zero-order valence-electron chi connectivity index (χ0n) is 13.3. The molecule has 22 heavy (non-hydrogen) atoms. The predicted molar refractivity (Wildman–Crippen MR) is 87.0 cm³/mol. The molecule has 4 nitrogen and oxygen atoms in total. The van der Waals surface area contributed by atoms with Crippen molar-refractivity contribution in [1.29, 1.82) is 0 Å². The van der Waals surface area contributed by atoms with Gasteiger partial charge in [0.25, 0.3) is 0 Å². The maximum atomic E-state index is 12.9. The molecule has 0 radical (unpaired) electrons. The van der Waals surface area contributed by atoms with E-state index in [-0.39, 0.29) is 5.92 Å². The number of fused-ring (bicyclic) bond motifs is 3. The van der Waals surface area contributed by atoms with Crippen molar-refractivity contribution in [3.05, 3.63) is 30.0 Å². The van der Waals surface area contributed by atoms with Crippen LogP contribution in [0.1, 0.15) is 42.5 Å². The highest BCUT2D eigenvalue weighted by Crippen LogP contribution is 2.37. The number of aryl methyl sites for hydroxylation is 1. The molecule has 4 rings (SSSR count). The van der Waals surface area contributed by atoms with E-state index < -0.39 is 0 Å². The molecule has 2 atom stereocenters. The number of carbonyl (C=O) groups excluding carboxylic acids is 1. The molecule has 1 aromatic heterocycles. The molecule has 3 heterocycles. The number of hydrogen-bond acceptors (Lipinski definition) is 3. The van der Waals surface area contributed by atoms with Gasteiger partial charge in [-0.15, -0.1) is 0 Å². The molecular weight excluding hydrogens is 274 g/mol. The Balaban J connectivity index is 1.60. The largest absolute Gasteiger partial charge is 0.300 e. The Morgan fingerprint density at radius 1 is 1.18 bits per heavy atom. The van der Waals surface area contributed by atoms with Crippen molar-refractivity contribution in [2.75, 3.05) is 7.05 Å². The second-order valence-electron chi connectivity index (χ2n) is 7.01. The zero-order chi connectivity index (χ0) is 15.3. The van der Waals surface area contributed by atoms with Crippen LogP contribution in [0.25, 0.3) is 10.9 Å². The van der Waals surface area contributed by atoms with E-state index in [0.717, 1.165) is 29.3 Å². The highest BCUT2D eigenvalue weighted by atomic mass is 16.1. The van der Waals surface area contributed by atoms with Crippen LogP contribution >= 0.6 is 0 Å². The maximum Gasteiger partial charge on any atom is 0.166 e. The summed E-state index contributed by atoms with van der Waals surface area (Å²) in [4.78, 5) is 15.4. The summed E-state index contributed by atoms with van der Waals surface area (Å²) in [6.45, 7) is 0. The number of Topliss-reactive ketones (excluding diaryl/α,β-unsaturated/α-hetero) is 1. The highest BCUT2D eigenvalue weighted by Gasteiger charge is 2.38. The lowest BCUT2D eigenvalue weighted by atomic mass is 9.76. The first-order chi connectivity index (χ1) is 10.6. The molecule has 2 saturated heterocycles. The van der Waals surface area contributed by atoms with Crippen molar-refractivity contribution in [1.82, 2.24) is 14.7 Å². The van der Waals surface area contributed by atoms with Gasteiger partial charge in [0.15, 0.2) is 5.78 Å². The molecule has 2 fully saturated rings. The first kappa shape index (κ1) is 13.9. The van der Waals surface area contributed by atoms with E-state index in [2.05, 4.69) is 17.0 Å². The van der Waals surface area contributed by atoms with E-state index in [9.17, 15) is 4.79 Å². The lowest BCUT2D eigenvalue weighted by Crippen LogP contribution is -2.51. The fourth-order valence-corrected chi connectivity index (χ4v) is 4.36. The number of nitrogens with zero attached hydrogens (tertiary/aromatic N) is 3. The summed E-state index contributed by atoms with van der Waals surface area (Å²) in [5.41, 5.74) is 1.75. The summed E-state index contributed by atoms with van der Waals surface area (Å²) in [5, 5.41) is 5.52. The van der Waals surface area contributed by atoms with Gasteiger partial charge in [0, 0.05) is 42.2 Å². The predicted octanol–water partition coefficient (Wildman–Crippen LogP) is 3.02. The van der Waals surface area contributed by atoms with Crippen molar-refractivity contribution >= 4 is 16.7 Å². The van der Waals surface area contributed by atoms with E-state index in [4.69, 9.17) is 0 Å². The van der Waals surface area contributed by atoms with Crippen LogP contribution in [0.2, 0.25) is 0 Å². The first-order valence-electron chi connectivity index (χ1n) is 8.31. The summed E-state index contributed by atoms with van der Waals surface area (Å²) in [7, 11) is 4.15. The maximum absolute atomic E-state index is 12.9. The topological polar surface area (TPSA) is 38.1 Å². The van der Waals surface area contributed by atoms with Crippen LogP contribution < -0.4 is 0 Å². The van der Waals surface area contributed by atoms with Gasteiger partial charge in [-0.05, 0) is 38.8 Å². The second-order valence-corrected chi connectivity index (χ2v) is 7.01. The summed E-state index contributed by atoms with van der Waals surface area (Å²) in [6.07, 6.45) is 7.84. The lowest BCUT2D eigenvalue weighted by Gasteiger charge is -2.46. The van der Waals surface area contributed by atoms with Crippen LogP contribution in [-0.4, -0.2) is 39.6 Å². The quantitative estimate of drug-likeness (QED) is 0.800. The van der Waals surface area contributed by atoms with Gasteiger partial charge in [-0.2, -0.15) is 5.10 Å². The van der Waals surface area contributed by atoms with Crippen LogP contribution in [0.3, 0.4) is 0 Å². The minimum Gasteiger partial charge on any atom is -0.300 e. The number of benzene rings is 1. The van der Waals surface area contributed by atoms with E-state index in [1.165, 1.54) is 19.3 Å². The van der Waals surface area contributed by atoms with Gasteiger partial charge in [0.2, 0.25) is 0 Å². The molecule has 2 aliphatic rings. The number of rotatable bonds is 2. The third kappa shape index (κ3) is 2.26. The molecular formula is C18H23N3O. The number of piperidine rings is 2. The molecule has 0 amide bonds. The van der Waals surface area contributed by atoms with E-state index in [1.54, 1.807) is 4.68 Å². The van der Waals surface area contributed by atoms with Gasteiger partial charge < -0.3 is 4.90 Å². The fourth-order valence-electron chi connectivity index (χ4n) is 4.36. The Morgan fingerprint density at radius 3 is 2.64 bits per heavy atom. The SMILES string of the molecule is CN1C2CCCC1CC(C(=O)c1ccc3cn(C)nc3c1)C2. The average Bonchev–Trinajstić information content (AvgIpc) is 2.85. The summed E-state index contributed by atoms with van der Waals surface area (Å²) in [6, 6.07) is 7.15. The van der Waals surface area contributed by atoms with Crippen molar-refractivity contribution in [2.45, 2.75) is 44.2 Å². The number of ketones is 1. The molecule has 2 bridgehead atoms. The van der Waals surface area contributed by atoms with Crippen LogP contribution in [0.5, 0.6) is 0 Å². The average molecular weight is 297 g/mol. The third-order valence-electron chi connectivity index (χ3n) is 5.62. The summed E-state index contributed by atoms with van der Waals surface area (Å²) < 4.78 is 1.80. The fraction of sp³-hybridized carbons (Fsp3) is 0.556. The molecule has 1 aromatic carbocycles. The number of aromatic nitrogens is 2. The molecule has 2 aliphatic heterocycles. The zero-order valence-corrected chi connectivity index (χ0v) is 13.3. The number of hydrogen-bond donors (Lipinski definition) is 0. The van der Waals surface area contributed by atoms with E-state index in [1.807, 2.05) is 31.4 Å². The van der Waals surface area contributed by atoms with Crippen molar-refractivity contribution in [3.8, 4) is 0 Å². The van der Waals surface area contributed by atoms with Crippen LogP contribution in [-0.2, 0) is 7.05 Å². The standard InChI is InChI=1S/C18H23N3O/c1-20-11-13-7-6-12(10-17(13)19-20)18(22)14-8-15-4-3-5-16(9-14)21(15)2/h6-7,10-11,14-16H,3-5,8-9H2,1-2H3. The van der Waals surface area contributed by atoms with Crippen molar-refractivity contribution in [2.24, 2.45) is 13.0 Å². The summed E-state index contributed by atoms with van der Waals surface area (Å²) in [5.74, 6) is 0.505. The first-order valence-corrected chi connectivity index (χ1v) is 8.31. The Hall–Kier alpha value is -1.68. The molecule has 0 aliphatic carbocycles. The molecule has 2 aromatic rings. The summed E-state index contributed by atoms with van der Waals surface area (Å²) >= 11 is 0. The van der Waals surface area contributed by atoms with Gasteiger partial charge in [0.1, 0.15) is 0 Å². The highest BCUT2D eigenvalue weighted by molar-refractivity contribution is 6.00. The van der Waals surface area contributed by atoms with Gasteiger partial charge in [0.05, 0.1) is 5.52 Å². The lowest BCUT2D eigenvalue weighted by molar-refractivity contribution is 0.0338. The Bertz CT molecular complexity index is 706. The van der Waals surface area contributed by atoms with E-state index in [0.29, 0.717) is 17.9 Å². The van der Waals surface area contributed by atoms with Crippen LogP contribution in [0.15, 0.2) is 24.4 Å². The molecule has 2 unspecified atom stereocenters. The van der Waals surface area contributed by atoms with Gasteiger partial charge in [-0.3, -0.25) is 9.48 Å². The van der Waals surface area contributed by atoms with Crippen LogP contribution in [0.4, 0.5) is 0 Å². The molecule has 0 saturated carbocycles. The van der Waals surface area contributed by atoms with Crippen LogP contribution in [0, 0.1) is 5.92 Å². The van der Waals surface area contributed by atoms with E-state index >= 15 is 0 Å². The Labute approximate surface area is 131 Å².